The van der Waals surface area contributed by atoms with Crippen LogP contribution >= 0.6 is 27.3 Å². The van der Waals surface area contributed by atoms with Gasteiger partial charge in [0.15, 0.2) is 0 Å². The minimum absolute atomic E-state index is 0.735. The molecule has 3 rings (SSSR count). The van der Waals surface area contributed by atoms with Crippen LogP contribution in [0.1, 0.15) is 18.1 Å². The van der Waals surface area contributed by atoms with Gasteiger partial charge in [0.05, 0.1) is 11.9 Å². The molecule has 0 amide bonds. The Morgan fingerprint density at radius 3 is 2.75 bits per heavy atom. The normalized spacial score (nSPS) is 12.2. The average Bonchev–Trinajstić information content (AvgIpc) is 2.96. The van der Waals surface area contributed by atoms with Crippen LogP contribution in [-0.4, -0.2) is 17.4 Å². The number of aryl methyl sites for hydroxylation is 1. The molecule has 0 radical (unpaired) electrons. The summed E-state index contributed by atoms with van der Waals surface area (Å²) in [6, 6.07) is 16.5. The molecule has 0 fully saturated rings. The first-order valence-corrected chi connectivity index (χ1v) is 9.42. The summed E-state index contributed by atoms with van der Waals surface area (Å²) in [5, 5.41) is 6.80. The van der Waals surface area contributed by atoms with Crippen molar-refractivity contribution in [1.29, 1.82) is 0 Å². The molecule has 2 aromatic carbocycles. The number of benzene rings is 2. The van der Waals surface area contributed by atoms with Gasteiger partial charge in [0.25, 0.3) is 0 Å². The molecule has 0 bridgehead atoms. The molecule has 0 aliphatic heterocycles. The van der Waals surface area contributed by atoms with Gasteiger partial charge in [0.1, 0.15) is 0 Å². The Morgan fingerprint density at radius 1 is 1.17 bits per heavy atom. The lowest BCUT2D eigenvalue weighted by Gasteiger charge is -2.04. The van der Waals surface area contributed by atoms with Crippen LogP contribution in [0.4, 0.5) is 0 Å². The average molecular weight is 400 g/mol. The summed E-state index contributed by atoms with van der Waals surface area (Å²) < 4.78 is 2.97. The molecule has 1 aromatic heterocycles. The van der Waals surface area contributed by atoms with Gasteiger partial charge >= 0.3 is 0 Å². The SMILES string of the molecule is CCN=c1scc(-c2cccc(Br)c2)n1N=Cc1cccc(C)c1. The molecule has 0 aliphatic rings. The molecular formula is C19H18BrN3S. The minimum atomic E-state index is 0.735. The fourth-order valence-electron chi connectivity index (χ4n) is 2.38. The topological polar surface area (TPSA) is 29.6 Å². The third-order valence-corrected chi connectivity index (χ3v) is 4.81. The summed E-state index contributed by atoms with van der Waals surface area (Å²) in [5.41, 5.74) is 4.45. The van der Waals surface area contributed by atoms with Gasteiger partial charge in [-0.05, 0) is 31.5 Å². The van der Waals surface area contributed by atoms with E-state index in [9.17, 15) is 0 Å². The Morgan fingerprint density at radius 2 is 2.00 bits per heavy atom. The number of halogens is 1. The van der Waals surface area contributed by atoms with E-state index in [0.717, 1.165) is 32.6 Å². The maximum atomic E-state index is 4.70. The Kier molecular flexibility index (Phi) is 5.43. The summed E-state index contributed by atoms with van der Waals surface area (Å²) in [6.07, 6.45) is 1.88. The first kappa shape index (κ1) is 16.9. The molecule has 122 valence electrons. The van der Waals surface area contributed by atoms with Crippen molar-refractivity contribution in [3.63, 3.8) is 0 Å². The van der Waals surface area contributed by atoms with Crippen LogP contribution < -0.4 is 4.80 Å². The highest BCUT2D eigenvalue weighted by atomic mass is 79.9. The van der Waals surface area contributed by atoms with E-state index in [-0.39, 0.29) is 0 Å². The van der Waals surface area contributed by atoms with Crippen molar-refractivity contribution >= 4 is 33.5 Å². The standard InChI is InChI=1S/C19H18BrN3S/c1-3-21-19-23(22-12-15-7-4-6-14(2)10-15)18(13-24-19)16-8-5-9-17(20)11-16/h4-13H,3H2,1-2H3. The largest absolute Gasteiger partial charge is 0.258 e. The van der Waals surface area contributed by atoms with E-state index < -0.39 is 0 Å². The molecule has 0 unspecified atom stereocenters. The molecule has 3 nitrogen and oxygen atoms in total. The summed E-state index contributed by atoms with van der Waals surface area (Å²) in [7, 11) is 0. The van der Waals surface area contributed by atoms with Gasteiger partial charge in [-0.15, -0.1) is 11.3 Å². The summed E-state index contributed by atoms with van der Waals surface area (Å²) in [6.45, 7) is 4.85. The fourth-order valence-corrected chi connectivity index (χ4v) is 3.68. The van der Waals surface area contributed by atoms with E-state index in [2.05, 4.69) is 63.6 Å². The molecule has 0 spiro atoms. The molecule has 5 heteroatoms. The maximum Gasteiger partial charge on any atom is 0.206 e. The molecule has 0 saturated heterocycles. The highest BCUT2D eigenvalue weighted by Gasteiger charge is 2.07. The second-order valence-electron chi connectivity index (χ2n) is 5.36. The second kappa shape index (κ2) is 7.73. The number of thiazole rings is 1. The summed E-state index contributed by atoms with van der Waals surface area (Å²) in [4.78, 5) is 5.46. The van der Waals surface area contributed by atoms with E-state index in [4.69, 9.17) is 5.10 Å². The van der Waals surface area contributed by atoms with Crippen LogP contribution in [0.2, 0.25) is 0 Å². The number of nitrogens with zero attached hydrogens (tertiary/aromatic N) is 3. The Hall–Kier alpha value is -1.98. The van der Waals surface area contributed by atoms with Crippen molar-refractivity contribution in [2.75, 3.05) is 6.54 Å². The number of aromatic nitrogens is 1. The zero-order chi connectivity index (χ0) is 16.9. The van der Waals surface area contributed by atoms with Crippen molar-refractivity contribution in [3.05, 3.63) is 74.3 Å². The molecule has 0 saturated carbocycles. The van der Waals surface area contributed by atoms with Crippen LogP contribution in [-0.2, 0) is 0 Å². The van der Waals surface area contributed by atoms with Crippen LogP contribution in [0.15, 0.2) is 68.5 Å². The fraction of sp³-hybridized carbons (Fsp3) is 0.158. The van der Waals surface area contributed by atoms with Crippen LogP contribution in [0.25, 0.3) is 11.3 Å². The second-order valence-corrected chi connectivity index (χ2v) is 7.11. The molecule has 3 aromatic rings. The minimum Gasteiger partial charge on any atom is -0.258 e. The summed E-state index contributed by atoms with van der Waals surface area (Å²) >= 11 is 5.14. The van der Waals surface area contributed by atoms with Gasteiger partial charge < -0.3 is 0 Å². The quantitative estimate of drug-likeness (QED) is 0.546. The van der Waals surface area contributed by atoms with E-state index >= 15 is 0 Å². The predicted octanol–water partition coefficient (Wildman–Crippen LogP) is 5.09. The van der Waals surface area contributed by atoms with Gasteiger partial charge in [0, 0.05) is 22.0 Å². The number of hydrogen-bond acceptors (Lipinski definition) is 3. The summed E-state index contributed by atoms with van der Waals surface area (Å²) in [5.74, 6) is 0. The highest BCUT2D eigenvalue weighted by molar-refractivity contribution is 9.10. The third kappa shape index (κ3) is 3.91. The lowest BCUT2D eigenvalue weighted by molar-refractivity contribution is 0.833. The Labute approximate surface area is 154 Å². The highest BCUT2D eigenvalue weighted by Crippen LogP contribution is 2.23. The Bertz CT molecular complexity index is 938. The van der Waals surface area contributed by atoms with E-state index in [0.29, 0.717) is 0 Å². The molecule has 24 heavy (non-hydrogen) atoms. The smallest absolute Gasteiger partial charge is 0.206 e. The van der Waals surface area contributed by atoms with Gasteiger partial charge in [-0.3, -0.25) is 4.99 Å². The number of rotatable bonds is 4. The zero-order valence-electron chi connectivity index (χ0n) is 13.6. The van der Waals surface area contributed by atoms with E-state index in [1.54, 1.807) is 11.3 Å². The molecule has 0 atom stereocenters. The van der Waals surface area contributed by atoms with Gasteiger partial charge in [-0.2, -0.15) is 5.10 Å². The first-order valence-electron chi connectivity index (χ1n) is 7.75. The lowest BCUT2D eigenvalue weighted by Crippen LogP contribution is -2.12. The predicted molar refractivity (Wildman–Crippen MR) is 106 cm³/mol. The van der Waals surface area contributed by atoms with Crippen molar-refractivity contribution in [2.24, 2.45) is 10.1 Å². The van der Waals surface area contributed by atoms with E-state index in [1.807, 2.05) is 36.0 Å². The molecular weight excluding hydrogens is 382 g/mol. The van der Waals surface area contributed by atoms with Crippen LogP contribution in [0.5, 0.6) is 0 Å². The van der Waals surface area contributed by atoms with Crippen LogP contribution in [0, 0.1) is 6.92 Å². The van der Waals surface area contributed by atoms with E-state index in [1.165, 1.54) is 5.56 Å². The van der Waals surface area contributed by atoms with Crippen molar-refractivity contribution in [1.82, 2.24) is 4.68 Å². The van der Waals surface area contributed by atoms with Crippen molar-refractivity contribution < 1.29 is 0 Å². The van der Waals surface area contributed by atoms with Gasteiger partial charge in [-0.1, -0.05) is 57.9 Å². The maximum absolute atomic E-state index is 4.70. The van der Waals surface area contributed by atoms with Gasteiger partial charge in [-0.25, -0.2) is 4.68 Å². The molecule has 0 N–H and O–H groups in total. The number of hydrogen-bond donors (Lipinski definition) is 0. The van der Waals surface area contributed by atoms with Crippen LogP contribution in [0.3, 0.4) is 0 Å². The zero-order valence-corrected chi connectivity index (χ0v) is 16.0. The third-order valence-electron chi connectivity index (χ3n) is 3.46. The monoisotopic (exact) mass is 399 g/mol. The van der Waals surface area contributed by atoms with Crippen molar-refractivity contribution in [2.45, 2.75) is 13.8 Å². The molecule has 1 heterocycles. The van der Waals surface area contributed by atoms with Crippen molar-refractivity contribution in [3.8, 4) is 11.3 Å². The molecule has 0 aliphatic carbocycles. The Balaban J connectivity index is 2.08. The van der Waals surface area contributed by atoms with Gasteiger partial charge in [0.2, 0.25) is 4.80 Å². The first-order chi connectivity index (χ1) is 11.7. The lowest BCUT2D eigenvalue weighted by atomic mass is 10.1.